The summed E-state index contributed by atoms with van der Waals surface area (Å²) in [5, 5.41) is 18.5. The van der Waals surface area contributed by atoms with Crippen LogP contribution in [0.3, 0.4) is 0 Å². The van der Waals surface area contributed by atoms with Crippen molar-refractivity contribution in [2.24, 2.45) is 0 Å². The lowest BCUT2D eigenvalue weighted by atomic mass is 9.92. The molecule has 2 unspecified atom stereocenters. The van der Waals surface area contributed by atoms with Crippen LogP contribution in [0.2, 0.25) is 0 Å². The smallest absolute Gasteiger partial charge is 0.346 e. The van der Waals surface area contributed by atoms with Crippen molar-refractivity contribution in [3.05, 3.63) is 70.7 Å². The molecule has 2 fully saturated rings. The van der Waals surface area contributed by atoms with Gasteiger partial charge in [-0.15, -0.1) is 5.01 Å². The molecule has 2 amide bonds. The number of benzene rings is 2. The van der Waals surface area contributed by atoms with Gasteiger partial charge in [0.2, 0.25) is 5.78 Å². The maximum Gasteiger partial charge on any atom is 0.346 e. The summed E-state index contributed by atoms with van der Waals surface area (Å²) < 4.78 is -1.01. The van der Waals surface area contributed by atoms with Gasteiger partial charge in [0, 0.05) is 44.8 Å². The van der Waals surface area contributed by atoms with E-state index in [1.165, 1.54) is 0 Å². The van der Waals surface area contributed by atoms with Crippen LogP contribution in [0.1, 0.15) is 55.0 Å². The van der Waals surface area contributed by atoms with Gasteiger partial charge in [-0.2, -0.15) is 5.01 Å². The van der Waals surface area contributed by atoms with Gasteiger partial charge in [-0.1, -0.05) is 41.3 Å². The Hall–Kier alpha value is -3.67. The lowest BCUT2D eigenvalue weighted by Gasteiger charge is -2.42. The number of carbonyl (C=O) groups excluding carboxylic acids is 3. The van der Waals surface area contributed by atoms with Gasteiger partial charge in [-0.05, 0) is 49.4 Å². The SMILES string of the molecule is CN(C)[N+]1([O-])CC(=O)C(c2c(CCCCCc3[nH]c4ccccc4c3[N+]3(N(C)C)C(=O)CCC3=O)[nH]c3ccccc23)C1. The Morgan fingerprint density at radius 1 is 0.767 bits per heavy atom. The molecule has 0 radical (unpaired) electrons. The molecule has 4 aromatic rings. The first-order chi connectivity index (χ1) is 20.6. The fourth-order valence-corrected chi connectivity index (χ4v) is 7.26. The Labute approximate surface area is 251 Å². The molecule has 2 aliphatic rings. The molecule has 10 heteroatoms. The molecule has 0 aliphatic carbocycles. The largest absolute Gasteiger partial charge is 0.611 e. The predicted molar refractivity (Wildman–Crippen MR) is 167 cm³/mol. The summed E-state index contributed by atoms with van der Waals surface area (Å²) in [6.07, 6.45) is 4.65. The molecule has 4 heterocycles. The maximum absolute atomic E-state index is 13.3. The standard InChI is InChI=1S/C33H41N6O4/c1-36(2)38(43)20-24(29(40)21-38)32-22-12-8-10-14-25(22)34-27(32)16-6-5-7-17-28-33(23-13-9-11-15-26(23)35-28)39(37(3)4)30(41)18-19-31(39)42/h8-15,24,34-35H,5-7,16-21H2,1-4H3/q+1. The zero-order valence-corrected chi connectivity index (χ0v) is 25.5. The Morgan fingerprint density at radius 2 is 1.33 bits per heavy atom. The third-order valence-electron chi connectivity index (χ3n) is 9.47. The number of amides is 2. The second kappa shape index (κ2) is 11.1. The Balaban J connectivity index is 1.22. The average molecular weight is 586 g/mol. The summed E-state index contributed by atoms with van der Waals surface area (Å²) in [5.41, 5.74) is 5.60. The van der Waals surface area contributed by atoms with Gasteiger partial charge in [0.05, 0.1) is 29.4 Å². The van der Waals surface area contributed by atoms with Gasteiger partial charge < -0.3 is 15.2 Å². The predicted octanol–water partition coefficient (Wildman–Crippen LogP) is 4.69. The zero-order valence-electron chi connectivity index (χ0n) is 25.5. The molecule has 2 atom stereocenters. The van der Waals surface area contributed by atoms with Gasteiger partial charge in [0.1, 0.15) is 12.5 Å². The Bertz CT molecular complexity index is 1700. The second-order valence-corrected chi connectivity index (χ2v) is 12.4. The summed E-state index contributed by atoms with van der Waals surface area (Å²) in [6, 6.07) is 15.9. The van der Waals surface area contributed by atoms with Crippen LogP contribution in [0.15, 0.2) is 48.5 Å². The number of Topliss-reactive ketones (excluding diaryl/α,β-unsaturated/α-hetero) is 1. The molecule has 43 heavy (non-hydrogen) atoms. The summed E-state index contributed by atoms with van der Waals surface area (Å²) in [6.45, 7) is 0.175. The number of fused-ring (bicyclic) bond motifs is 2. The number of carbonyl (C=O) groups is 3. The van der Waals surface area contributed by atoms with Crippen molar-refractivity contribution in [1.29, 1.82) is 0 Å². The maximum atomic E-state index is 13.3. The number of H-pyrrole nitrogens is 2. The Morgan fingerprint density at radius 3 is 1.93 bits per heavy atom. The van der Waals surface area contributed by atoms with Crippen LogP contribution in [-0.2, 0) is 27.2 Å². The first-order valence-electron chi connectivity index (χ1n) is 15.2. The van der Waals surface area contributed by atoms with E-state index in [2.05, 4.69) is 9.97 Å². The molecule has 2 N–H and O–H groups in total. The van der Waals surface area contributed by atoms with Gasteiger partial charge in [0.15, 0.2) is 12.2 Å². The molecule has 2 saturated heterocycles. The zero-order chi connectivity index (χ0) is 30.5. The Kier molecular flexibility index (Phi) is 7.60. The number of ketones is 1. The number of imide groups is 1. The molecule has 2 aromatic heterocycles. The number of aryl methyl sites for hydroxylation is 2. The van der Waals surface area contributed by atoms with E-state index in [1.54, 1.807) is 38.2 Å². The first-order valence-corrected chi connectivity index (χ1v) is 15.2. The summed E-state index contributed by atoms with van der Waals surface area (Å²) in [7, 11) is 7.06. The number of quaternary nitrogens is 2. The van der Waals surface area contributed by atoms with Crippen LogP contribution in [0.4, 0.5) is 5.69 Å². The third-order valence-corrected chi connectivity index (χ3v) is 9.47. The van der Waals surface area contributed by atoms with Crippen molar-refractivity contribution in [3.8, 4) is 0 Å². The van der Waals surface area contributed by atoms with E-state index in [4.69, 9.17) is 0 Å². The fraction of sp³-hybridized carbons (Fsp3) is 0.424. The molecule has 0 saturated carbocycles. The third kappa shape index (κ3) is 4.74. The number of nitrogens with one attached hydrogen (secondary N) is 2. The van der Waals surface area contributed by atoms with Crippen molar-refractivity contribution in [2.75, 3.05) is 41.3 Å². The molecule has 2 aliphatic heterocycles. The number of hydrogen-bond acceptors (Lipinski definition) is 6. The number of hydroxylamine groups is 2. The minimum Gasteiger partial charge on any atom is -0.611 e. The number of nitrogens with zero attached hydrogens (tertiary/aromatic N) is 4. The summed E-state index contributed by atoms with van der Waals surface area (Å²) in [4.78, 5) is 46.9. The average Bonchev–Trinajstić information content (AvgIpc) is 3.69. The molecule has 2 aromatic carbocycles. The van der Waals surface area contributed by atoms with Crippen LogP contribution in [0.25, 0.3) is 21.8 Å². The van der Waals surface area contributed by atoms with E-state index in [1.807, 2.05) is 48.5 Å². The number of aromatic amines is 2. The highest BCUT2D eigenvalue weighted by atomic mass is 16.6. The van der Waals surface area contributed by atoms with Gasteiger partial charge >= 0.3 is 11.8 Å². The van der Waals surface area contributed by atoms with Crippen molar-refractivity contribution >= 4 is 45.1 Å². The molecule has 226 valence electrons. The molecule has 6 rings (SSSR count). The first kappa shape index (κ1) is 29.4. The quantitative estimate of drug-likeness (QED) is 0.121. The highest BCUT2D eigenvalue weighted by Gasteiger charge is 2.57. The van der Waals surface area contributed by atoms with Crippen molar-refractivity contribution < 1.29 is 19.1 Å². The normalized spacial score (nSPS) is 22.3. The van der Waals surface area contributed by atoms with E-state index in [-0.39, 0.29) is 48.1 Å². The molecule has 10 nitrogen and oxygen atoms in total. The highest BCUT2D eigenvalue weighted by Crippen LogP contribution is 2.42. The molecule has 0 bridgehead atoms. The summed E-state index contributed by atoms with van der Waals surface area (Å²) >= 11 is 0. The number of para-hydroxylation sites is 2. The van der Waals surface area contributed by atoms with Gasteiger partial charge in [-0.25, -0.2) is 9.59 Å². The van der Waals surface area contributed by atoms with Crippen LogP contribution in [0, 0.1) is 5.21 Å². The van der Waals surface area contributed by atoms with Crippen LogP contribution in [-0.4, -0.2) is 83.6 Å². The number of rotatable bonds is 10. The van der Waals surface area contributed by atoms with Gasteiger partial charge in [0.25, 0.3) is 0 Å². The van der Waals surface area contributed by atoms with Crippen LogP contribution < -0.4 is 4.59 Å². The van der Waals surface area contributed by atoms with Crippen LogP contribution >= 0.6 is 0 Å². The van der Waals surface area contributed by atoms with Crippen molar-refractivity contribution in [1.82, 2.24) is 24.6 Å². The van der Waals surface area contributed by atoms with Gasteiger partial charge in [-0.3, -0.25) is 9.55 Å². The van der Waals surface area contributed by atoms with E-state index in [9.17, 15) is 19.6 Å². The monoisotopic (exact) mass is 585 g/mol. The number of hydrogen-bond donors (Lipinski definition) is 2. The lowest BCUT2D eigenvalue weighted by molar-refractivity contribution is -0.975. The number of unbranched alkanes of at least 4 members (excludes halogenated alkanes) is 2. The number of aromatic nitrogens is 2. The van der Waals surface area contributed by atoms with Crippen molar-refractivity contribution in [2.45, 2.75) is 50.9 Å². The minimum atomic E-state index is -0.632. The van der Waals surface area contributed by atoms with Crippen LogP contribution in [0.5, 0.6) is 0 Å². The fourth-order valence-electron chi connectivity index (χ4n) is 7.26. The topological polar surface area (TPSA) is 112 Å². The minimum absolute atomic E-state index is 0.00926. The lowest BCUT2D eigenvalue weighted by Crippen LogP contribution is -2.62. The van der Waals surface area contributed by atoms with E-state index >= 15 is 0 Å². The summed E-state index contributed by atoms with van der Waals surface area (Å²) in [5.74, 6) is -0.626. The van der Waals surface area contributed by atoms with E-state index in [0.29, 0.717) is 6.42 Å². The van der Waals surface area contributed by atoms with Crippen molar-refractivity contribution in [3.63, 3.8) is 0 Å². The second-order valence-electron chi connectivity index (χ2n) is 12.4. The highest BCUT2D eigenvalue weighted by molar-refractivity contribution is 6.17. The molecule has 0 spiro atoms. The van der Waals surface area contributed by atoms with E-state index < -0.39 is 10.7 Å². The molecular formula is C33H41N6O4+. The molecular weight excluding hydrogens is 544 g/mol. The van der Waals surface area contributed by atoms with E-state index in [0.717, 1.165) is 70.1 Å².